The lowest BCUT2D eigenvalue weighted by Crippen LogP contribution is -2.42. The van der Waals surface area contributed by atoms with Crippen molar-refractivity contribution >= 4 is 11.5 Å². The van der Waals surface area contributed by atoms with Crippen molar-refractivity contribution in [3.63, 3.8) is 0 Å². The van der Waals surface area contributed by atoms with Crippen LogP contribution in [0, 0.1) is 0 Å². The Hall–Kier alpha value is -2.42. The molecule has 0 aliphatic heterocycles. The number of aryl methyl sites for hydroxylation is 1. The van der Waals surface area contributed by atoms with E-state index in [0.717, 1.165) is 11.1 Å². The SMILES string of the molecule is C=C1c2ccccc2CC[C@]1(F)CNC(=O)c1ccccc1. The van der Waals surface area contributed by atoms with Crippen LogP contribution in [0.1, 0.15) is 27.9 Å². The van der Waals surface area contributed by atoms with Gasteiger partial charge in [-0.1, -0.05) is 49.0 Å². The summed E-state index contributed by atoms with van der Waals surface area (Å²) in [6.07, 6.45) is 1.00. The number of hydrogen-bond donors (Lipinski definition) is 1. The van der Waals surface area contributed by atoms with Crippen LogP contribution < -0.4 is 5.32 Å². The second-order valence-corrected chi connectivity index (χ2v) is 5.65. The molecule has 0 saturated carbocycles. The van der Waals surface area contributed by atoms with Crippen LogP contribution in [0.15, 0.2) is 61.2 Å². The van der Waals surface area contributed by atoms with Crippen LogP contribution in [-0.2, 0) is 6.42 Å². The molecule has 0 bridgehead atoms. The summed E-state index contributed by atoms with van der Waals surface area (Å²) < 4.78 is 15.2. The van der Waals surface area contributed by atoms with Crippen LogP contribution >= 0.6 is 0 Å². The molecular formula is C19H18FNO. The summed E-state index contributed by atoms with van der Waals surface area (Å²) in [5.74, 6) is -0.260. The molecule has 22 heavy (non-hydrogen) atoms. The lowest BCUT2D eigenvalue weighted by molar-refractivity contribution is 0.0924. The molecule has 0 fully saturated rings. The Balaban J connectivity index is 1.73. The maximum atomic E-state index is 15.2. The van der Waals surface area contributed by atoms with Gasteiger partial charge in [-0.15, -0.1) is 0 Å². The van der Waals surface area contributed by atoms with Crippen molar-refractivity contribution in [3.05, 3.63) is 77.9 Å². The van der Waals surface area contributed by atoms with Gasteiger partial charge in [-0.05, 0) is 41.7 Å². The summed E-state index contributed by atoms with van der Waals surface area (Å²) in [7, 11) is 0. The quantitative estimate of drug-likeness (QED) is 0.917. The smallest absolute Gasteiger partial charge is 0.251 e. The van der Waals surface area contributed by atoms with Gasteiger partial charge in [-0.2, -0.15) is 0 Å². The van der Waals surface area contributed by atoms with Crippen molar-refractivity contribution in [2.45, 2.75) is 18.5 Å². The fraction of sp³-hybridized carbons (Fsp3) is 0.211. The minimum Gasteiger partial charge on any atom is -0.348 e. The molecule has 1 amide bonds. The highest BCUT2D eigenvalue weighted by molar-refractivity contribution is 5.94. The minimum absolute atomic E-state index is 0.0477. The Morgan fingerprint density at radius 2 is 1.82 bits per heavy atom. The second-order valence-electron chi connectivity index (χ2n) is 5.65. The van der Waals surface area contributed by atoms with E-state index in [1.54, 1.807) is 24.3 Å². The number of carbonyl (C=O) groups is 1. The first kappa shape index (κ1) is 14.5. The first-order chi connectivity index (χ1) is 10.6. The molecule has 3 rings (SSSR count). The molecule has 1 N–H and O–H groups in total. The fourth-order valence-electron chi connectivity index (χ4n) is 2.86. The van der Waals surface area contributed by atoms with E-state index in [2.05, 4.69) is 11.9 Å². The zero-order chi connectivity index (χ0) is 15.6. The number of hydrogen-bond acceptors (Lipinski definition) is 1. The highest BCUT2D eigenvalue weighted by Crippen LogP contribution is 2.39. The van der Waals surface area contributed by atoms with Gasteiger partial charge in [0.1, 0.15) is 0 Å². The minimum atomic E-state index is -1.58. The Bertz CT molecular complexity index is 710. The van der Waals surface area contributed by atoms with Crippen molar-refractivity contribution in [1.29, 1.82) is 0 Å². The molecule has 0 radical (unpaired) electrons. The summed E-state index contributed by atoms with van der Waals surface area (Å²) in [6.45, 7) is 3.89. The average Bonchev–Trinajstić information content (AvgIpc) is 2.57. The standard InChI is InChI=1S/C19H18FNO/c1-14-17-10-6-5-7-15(17)11-12-19(14,20)13-21-18(22)16-8-3-2-4-9-16/h2-10H,1,11-13H2,(H,21,22)/t19-/m0/s1. The zero-order valence-corrected chi connectivity index (χ0v) is 12.3. The monoisotopic (exact) mass is 295 g/mol. The topological polar surface area (TPSA) is 29.1 Å². The van der Waals surface area contributed by atoms with Gasteiger partial charge in [-0.25, -0.2) is 4.39 Å². The highest BCUT2D eigenvalue weighted by Gasteiger charge is 2.38. The molecule has 1 atom stereocenters. The summed E-state index contributed by atoms with van der Waals surface area (Å²) >= 11 is 0. The normalized spacial score (nSPS) is 20.3. The van der Waals surface area contributed by atoms with Crippen molar-refractivity contribution in [3.8, 4) is 0 Å². The van der Waals surface area contributed by atoms with Crippen molar-refractivity contribution < 1.29 is 9.18 Å². The van der Waals surface area contributed by atoms with Crippen molar-refractivity contribution in [1.82, 2.24) is 5.32 Å². The first-order valence-electron chi connectivity index (χ1n) is 7.40. The molecular weight excluding hydrogens is 277 g/mol. The number of fused-ring (bicyclic) bond motifs is 1. The van der Waals surface area contributed by atoms with Gasteiger partial charge < -0.3 is 5.32 Å². The van der Waals surface area contributed by atoms with E-state index in [0.29, 0.717) is 24.0 Å². The Morgan fingerprint density at radius 3 is 2.59 bits per heavy atom. The number of nitrogens with one attached hydrogen (secondary N) is 1. The van der Waals surface area contributed by atoms with E-state index in [4.69, 9.17) is 0 Å². The van der Waals surface area contributed by atoms with E-state index in [9.17, 15) is 4.79 Å². The number of alkyl halides is 1. The maximum absolute atomic E-state index is 15.2. The van der Waals surface area contributed by atoms with Crippen LogP contribution in [0.25, 0.3) is 5.57 Å². The third kappa shape index (κ3) is 2.67. The molecule has 3 heteroatoms. The van der Waals surface area contributed by atoms with E-state index in [-0.39, 0.29) is 12.5 Å². The van der Waals surface area contributed by atoms with Gasteiger partial charge in [0.2, 0.25) is 0 Å². The molecule has 2 nitrogen and oxygen atoms in total. The van der Waals surface area contributed by atoms with Crippen molar-refractivity contribution in [2.75, 3.05) is 6.54 Å². The second kappa shape index (κ2) is 5.76. The number of rotatable bonds is 3. The molecule has 2 aromatic rings. The molecule has 2 aromatic carbocycles. The largest absolute Gasteiger partial charge is 0.348 e. The van der Waals surface area contributed by atoms with Crippen LogP contribution in [-0.4, -0.2) is 18.1 Å². The lowest BCUT2D eigenvalue weighted by atomic mass is 9.78. The molecule has 1 aliphatic rings. The predicted molar refractivity (Wildman–Crippen MR) is 86.4 cm³/mol. The van der Waals surface area contributed by atoms with Gasteiger partial charge in [0.25, 0.3) is 5.91 Å². The molecule has 1 aliphatic carbocycles. The van der Waals surface area contributed by atoms with Crippen molar-refractivity contribution in [2.24, 2.45) is 0 Å². The van der Waals surface area contributed by atoms with E-state index in [1.165, 1.54) is 0 Å². The Labute approximate surface area is 129 Å². The van der Waals surface area contributed by atoms with Gasteiger partial charge in [0.15, 0.2) is 5.67 Å². The Morgan fingerprint density at radius 1 is 1.14 bits per heavy atom. The summed E-state index contributed by atoms with van der Waals surface area (Å²) in [5.41, 5.74) is 1.40. The molecule has 0 unspecified atom stereocenters. The predicted octanol–water partition coefficient (Wildman–Crippen LogP) is 3.78. The summed E-state index contributed by atoms with van der Waals surface area (Å²) in [6, 6.07) is 16.6. The lowest BCUT2D eigenvalue weighted by Gasteiger charge is -2.33. The van der Waals surface area contributed by atoms with Gasteiger partial charge in [-0.3, -0.25) is 4.79 Å². The zero-order valence-electron chi connectivity index (χ0n) is 12.3. The maximum Gasteiger partial charge on any atom is 0.251 e. The molecule has 0 spiro atoms. The first-order valence-corrected chi connectivity index (χ1v) is 7.40. The van der Waals surface area contributed by atoms with Crippen LogP contribution in [0.4, 0.5) is 4.39 Å². The van der Waals surface area contributed by atoms with E-state index < -0.39 is 5.67 Å². The third-order valence-electron chi connectivity index (χ3n) is 4.24. The van der Waals surface area contributed by atoms with Crippen LogP contribution in [0.5, 0.6) is 0 Å². The molecule has 112 valence electrons. The summed E-state index contributed by atoms with van der Waals surface area (Å²) in [5, 5.41) is 2.70. The van der Waals surface area contributed by atoms with Crippen LogP contribution in [0.2, 0.25) is 0 Å². The van der Waals surface area contributed by atoms with Gasteiger partial charge in [0, 0.05) is 5.56 Å². The third-order valence-corrected chi connectivity index (χ3v) is 4.24. The van der Waals surface area contributed by atoms with E-state index in [1.807, 2.05) is 30.3 Å². The average molecular weight is 295 g/mol. The molecule has 0 aromatic heterocycles. The molecule has 0 heterocycles. The number of carbonyl (C=O) groups excluding carboxylic acids is 1. The number of benzene rings is 2. The highest BCUT2D eigenvalue weighted by atomic mass is 19.1. The van der Waals surface area contributed by atoms with Gasteiger partial charge in [0.05, 0.1) is 6.54 Å². The number of amides is 1. The Kier molecular flexibility index (Phi) is 3.80. The van der Waals surface area contributed by atoms with Gasteiger partial charge >= 0.3 is 0 Å². The number of halogens is 1. The molecule has 0 saturated heterocycles. The van der Waals surface area contributed by atoms with Crippen LogP contribution in [0.3, 0.4) is 0 Å². The summed E-state index contributed by atoms with van der Waals surface area (Å²) in [4.78, 5) is 12.1. The fourth-order valence-corrected chi connectivity index (χ4v) is 2.86. The van der Waals surface area contributed by atoms with E-state index >= 15 is 4.39 Å².